The lowest BCUT2D eigenvalue weighted by Gasteiger charge is -2.35. The SMILES string of the molecule is Cc1ccc(-c2nc(CN3CC(C(=O)O)C3)cs2)cc1. The monoisotopic (exact) mass is 288 g/mol. The first-order chi connectivity index (χ1) is 9.61. The Labute approximate surface area is 121 Å². The number of aromatic nitrogens is 1. The number of likely N-dealkylation sites (tertiary alicyclic amines) is 1. The number of hydrogen-bond donors (Lipinski definition) is 1. The van der Waals surface area contributed by atoms with Gasteiger partial charge in [0.15, 0.2) is 0 Å². The lowest BCUT2D eigenvalue weighted by Crippen LogP contribution is -2.49. The third kappa shape index (κ3) is 2.73. The number of rotatable bonds is 4. The lowest BCUT2D eigenvalue weighted by atomic mass is 10.0. The summed E-state index contributed by atoms with van der Waals surface area (Å²) in [5.41, 5.74) is 3.40. The van der Waals surface area contributed by atoms with E-state index in [9.17, 15) is 4.79 Å². The second-order valence-electron chi connectivity index (χ2n) is 5.24. The van der Waals surface area contributed by atoms with E-state index in [2.05, 4.69) is 46.5 Å². The molecule has 0 unspecified atom stereocenters. The van der Waals surface area contributed by atoms with Crippen LogP contribution in [-0.4, -0.2) is 34.0 Å². The molecule has 0 aliphatic carbocycles. The highest BCUT2D eigenvalue weighted by Gasteiger charge is 2.32. The molecule has 2 heterocycles. The summed E-state index contributed by atoms with van der Waals surface area (Å²) in [5, 5.41) is 11.9. The van der Waals surface area contributed by atoms with E-state index in [4.69, 9.17) is 5.11 Å². The summed E-state index contributed by atoms with van der Waals surface area (Å²) in [5.74, 6) is -0.898. The summed E-state index contributed by atoms with van der Waals surface area (Å²) in [6.07, 6.45) is 0. The zero-order valence-corrected chi connectivity index (χ0v) is 12.1. The highest BCUT2D eigenvalue weighted by Crippen LogP contribution is 2.26. The van der Waals surface area contributed by atoms with Gasteiger partial charge in [-0.1, -0.05) is 29.8 Å². The Morgan fingerprint density at radius 1 is 1.40 bits per heavy atom. The van der Waals surface area contributed by atoms with Gasteiger partial charge in [-0.25, -0.2) is 4.98 Å². The Morgan fingerprint density at radius 3 is 2.75 bits per heavy atom. The van der Waals surface area contributed by atoms with Crippen LogP contribution < -0.4 is 0 Å². The van der Waals surface area contributed by atoms with Gasteiger partial charge in [0.2, 0.25) is 0 Å². The van der Waals surface area contributed by atoms with Crippen molar-refractivity contribution in [3.63, 3.8) is 0 Å². The molecule has 2 aromatic rings. The van der Waals surface area contributed by atoms with Crippen molar-refractivity contribution in [1.82, 2.24) is 9.88 Å². The van der Waals surface area contributed by atoms with E-state index in [1.54, 1.807) is 11.3 Å². The molecule has 0 saturated carbocycles. The Bertz CT molecular complexity index is 615. The first kappa shape index (κ1) is 13.3. The lowest BCUT2D eigenvalue weighted by molar-refractivity contribution is -0.147. The molecule has 0 atom stereocenters. The first-order valence-corrected chi connectivity index (χ1v) is 7.46. The van der Waals surface area contributed by atoms with Crippen molar-refractivity contribution in [3.05, 3.63) is 40.9 Å². The number of carboxylic acid groups (broad SMARTS) is 1. The molecule has 104 valence electrons. The van der Waals surface area contributed by atoms with Gasteiger partial charge in [0.25, 0.3) is 0 Å². The van der Waals surface area contributed by atoms with E-state index in [1.165, 1.54) is 5.56 Å². The van der Waals surface area contributed by atoms with Gasteiger partial charge in [-0.15, -0.1) is 11.3 Å². The van der Waals surface area contributed by atoms with Crippen molar-refractivity contribution < 1.29 is 9.90 Å². The number of hydrogen-bond acceptors (Lipinski definition) is 4. The molecular weight excluding hydrogens is 272 g/mol. The van der Waals surface area contributed by atoms with Gasteiger partial charge in [0.05, 0.1) is 11.6 Å². The van der Waals surface area contributed by atoms with Gasteiger partial charge in [-0.2, -0.15) is 0 Å². The summed E-state index contributed by atoms with van der Waals surface area (Å²) < 4.78 is 0. The average Bonchev–Trinajstić information content (AvgIpc) is 2.82. The van der Waals surface area contributed by atoms with Crippen LogP contribution in [0.15, 0.2) is 29.6 Å². The normalized spacial score (nSPS) is 16.1. The van der Waals surface area contributed by atoms with Gasteiger partial charge in [-0.05, 0) is 6.92 Å². The first-order valence-electron chi connectivity index (χ1n) is 6.58. The number of carbonyl (C=O) groups is 1. The summed E-state index contributed by atoms with van der Waals surface area (Å²) >= 11 is 1.64. The molecule has 3 rings (SSSR count). The third-order valence-corrected chi connectivity index (χ3v) is 4.48. The predicted molar refractivity (Wildman–Crippen MR) is 78.7 cm³/mol. The van der Waals surface area contributed by atoms with E-state index < -0.39 is 5.97 Å². The molecule has 20 heavy (non-hydrogen) atoms. The van der Waals surface area contributed by atoms with Crippen LogP contribution in [0.5, 0.6) is 0 Å². The zero-order valence-electron chi connectivity index (χ0n) is 11.2. The number of carboxylic acids is 1. The molecule has 5 heteroatoms. The van der Waals surface area contributed by atoms with Crippen molar-refractivity contribution in [2.45, 2.75) is 13.5 Å². The fourth-order valence-electron chi connectivity index (χ4n) is 2.29. The maximum absolute atomic E-state index is 10.8. The van der Waals surface area contributed by atoms with E-state index in [0.29, 0.717) is 13.1 Å². The Morgan fingerprint density at radius 2 is 2.10 bits per heavy atom. The molecule has 4 nitrogen and oxygen atoms in total. The molecule has 1 aromatic heterocycles. The number of aliphatic carboxylic acids is 1. The maximum Gasteiger partial charge on any atom is 0.309 e. The van der Waals surface area contributed by atoms with E-state index >= 15 is 0 Å². The van der Waals surface area contributed by atoms with Crippen LogP contribution in [0.3, 0.4) is 0 Å². The van der Waals surface area contributed by atoms with Gasteiger partial charge in [0, 0.05) is 30.6 Å². The number of thiazole rings is 1. The Kier molecular flexibility index (Phi) is 3.54. The van der Waals surface area contributed by atoms with Crippen molar-refractivity contribution >= 4 is 17.3 Å². The topological polar surface area (TPSA) is 53.4 Å². The number of nitrogens with zero attached hydrogens (tertiary/aromatic N) is 2. The second kappa shape index (κ2) is 5.34. The van der Waals surface area contributed by atoms with E-state index in [-0.39, 0.29) is 5.92 Å². The minimum Gasteiger partial charge on any atom is -0.481 e. The van der Waals surface area contributed by atoms with Crippen LogP contribution in [0, 0.1) is 12.8 Å². The molecule has 1 N–H and O–H groups in total. The summed E-state index contributed by atoms with van der Waals surface area (Å²) in [7, 11) is 0. The van der Waals surface area contributed by atoms with Gasteiger partial charge in [-0.3, -0.25) is 9.69 Å². The molecule has 1 fully saturated rings. The molecule has 0 amide bonds. The fraction of sp³-hybridized carbons (Fsp3) is 0.333. The Hall–Kier alpha value is -1.72. The summed E-state index contributed by atoms with van der Waals surface area (Å²) in [4.78, 5) is 17.5. The fourth-order valence-corrected chi connectivity index (χ4v) is 3.11. The number of aryl methyl sites for hydroxylation is 1. The van der Waals surface area contributed by atoms with Crippen LogP contribution in [0.1, 0.15) is 11.3 Å². The standard InChI is InChI=1S/C15H16N2O2S/c1-10-2-4-11(5-3-10)14-16-13(9-20-14)8-17-6-12(7-17)15(18)19/h2-5,9,12H,6-8H2,1H3,(H,18,19). The van der Waals surface area contributed by atoms with Crippen molar-refractivity contribution in [2.75, 3.05) is 13.1 Å². The molecule has 1 aromatic carbocycles. The third-order valence-electron chi connectivity index (χ3n) is 3.54. The van der Waals surface area contributed by atoms with Crippen LogP contribution in [0.4, 0.5) is 0 Å². The molecule has 1 aliphatic rings. The quantitative estimate of drug-likeness (QED) is 0.939. The van der Waals surface area contributed by atoms with E-state index in [0.717, 1.165) is 22.8 Å². The van der Waals surface area contributed by atoms with Gasteiger partial charge < -0.3 is 5.11 Å². The molecule has 0 bridgehead atoms. The van der Waals surface area contributed by atoms with Crippen LogP contribution in [-0.2, 0) is 11.3 Å². The Balaban J connectivity index is 1.63. The van der Waals surface area contributed by atoms with Gasteiger partial charge in [0.1, 0.15) is 5.01 Å². The largest absolute Gasteiger partial charge is 0.481 e. The minimum absolute atomic E-state index is 0.204. The smallest absolute Gasteiger partial charge is 0.309 e. The number of benzene rings is 1. The van der Waals surface area contributed by atoms with Crippen LogP contribution in [0.25, 0.3) is 10.6 Å². The van der Waals surface area contributed by atoms with Crippen molar-refractivity contribution in [3.8, 4) is 10.6 Å². The molecule has 0 spiro atoms. The van der Waals surface area contributed by atoms with E-state index in [1.807, 2.05) is 0 Å². The van der Waals surface area contributed by atoms with Crippen LogP contribution in [0.2, 0.25) is 0 Å². The summed E-state index contributed by atoms with van der Waals surface area (Å²) in [6.45, 7) is 4.07. The average molecular weight is 288 g/mol. The highest BCUT2D eigenvalue weighted by atomic mass is 32.1. The van der Waals surface area contributed by atoms with Crippen molar-refractivity contribution in [2.24, 2.45) is 5.92 Å². The molecular formula is C15H16N2O2S. The summed E-state index contributed by atoms with van der Waals surface area (Å²) in [6, 6.07) is 8.34. The van der Waals surface area contributed by atoms with Crippen molar-refractivity contribution in [1.29, 1.82) is 0 Å². The zero-order chi connectivity index (χ0) is 14.1. The predicted octanol–water partition coefficient (Wildman–Crippen LogP) is 2.63. The minimum atomic E-state index is -0.695. The highest BCUT2D eigenvalue weighted by molar-refractivity contribution is 7.13. The molecule has 1 aliphatic heterocycles. The maximum atomic E-state index is 10.8. The second-order valence-corrected chi connectivity index (χ2v) is 6.10. The molecule has 1 saturated heterocycles. The molecule has 0 radical (unpaired) electrons. The van der Waals surface area contributed by atoms with Crippen LogP contribution >= 0.6 is 11.3 Å². The van der Waals surface area contributed by atoms with Gasteiger partial charge >= 0.3 is 5.97 Å².